The van der Waals surface area contributed by atoms with E-state index in [2.05, 4.69) is 41.9 Å². The maximum Gasteiger partial charge on any atom is 0.416 e. The first kappa shape index (κ1) is 31.0. The maximum atomic E-state index is 13.6. The van der Waals surface area contributed by atoms with Crippen molar-refractivity contribution in [2.75, 3.05) is 49.5 Å². The molecule has 2 aliphatic rings. The Labute approximate surface area is 253 Å². The molecule has 2 aliphatic heterocycles. The van der Waals surface area contributed by atoms with Crippen molar-refractivity contribution in [3.63, 3.8) is 0 Å². The Kier molecular flexibility index (Phi) is 9.72. The van der Waals surface area contributed by atoms with E-state index in [9.17, 15) is 22.8 Å². The van der Waals surface area contributed by atoms with E-state index < -0.39 is 17.6 Å². The molecule has 2 fully saturated rings. The molecule has 5 rings (SSSR count). The summed E-state index contributed by atoms with van der Waals surface area (Å²) >= 11 is 1.27. The molecule has 43 heavy (non-hydrogen) atoms. The second-order valence-corrected chi connectivity index (χ2v) is 12.3. The van der Waals surface area contributed by atoms with Gasteiger partial charge in [-0.15, -0.1) is 0 Å². The van der Waals surface area contributed by atoms with Gasteiger partial charge in [0.05, 0.1) is 23.7 Å². The summed E-state index contributed by atoms with van der Waals surface area (Å²) in [5.74, 6) is 0.178. The molecule has 2 aromatic heterocycles. The molecule has 230 valence electrons. The Morgan fingerprint density at radius 3 is 2.56 bits per heavy atom. The first-order chi connectivity index (χ1) is 20.6. The minimum Gasteiger partial charge on any atom is -0.353 e. The third kappa shape index (κ3) is 7.76. The molecule has 0 saturated carbocycles. The molecular weight excluding hydrogens is 579 g/mol. The molecule has 0 bridgehead atoms. The predicted molar refractivity (Wildman–Crippen MR) is 160 cm³/mol. The first-order valence-corrected chi connectivity index (χ1v) is 15.4. The summed E-state index contributed by atoms with van der Waals surface area (Å²) in [4.78, 5) is 44.6. The van der Waals surface area contributed by atoms with E-state index in [0.29, 0.717) is 46.8 Å². The van der Waals surface area contributed by atoms with Crippen LogP contribution in [0.3, 0.4) is 0 Å². The van der Waals surface area contributed by atoms with E-state index in [-0.39, 0.29) is 5.69 Å². The second-order valence-electron chi connectivity index (χ2n) is 11.2. The molecule has 13 heteroatoms. The average Bonchev–Trinajstić information content (AvgIpc) is 3.38. The fraction of sp³-hybridized carbons (Fsp3) is 0.500. The van der Waals surface area contributed by atoms with Gasteiger partial charge in [0.25, 0.3) is 5.91 Å². The number of alkyl halides is 3. The number of likely N-dealkylation sites (tertiary alicyclic amines) is 1. The van der Waals surface area contributed by atoms with Gasteiger partial charge in [0, 0.05) is 62.2 Å². The number of amides is 1. The minimum absolute atomic E-state index is 0.117. The van der Waals surface area contributed by atoms with Crippen molar-refractivity contribution in [1.82, 2.24) is 24.8 Å². The van der Waals surface area contributed by atoms with E-state index in [1.165, 1.54) is 17.5 Å². The van der Waals surface area contributed by atoms with Crippen LogP contribution >= 0.6 is 11.3 Å². The summed E-state index contributed by atoms with van der Waals surface area (Å²) in [6.07, 6.45) is 3.23. The maximum absolute atomic E-state index is 13.6. The average molecular weight is 616 g/mol. The van der Waals surface area contributed by atoms with Gasteiger partial charge in [-0.3, -0.25) is 19.9 Å². The van der Waals surface area contributed by atoms with Crippen LogP contribution in [0.4, 0.5) is 24.1 Å². The zero-order chi connectivity index (χ0) is 30.6. The van der Waals surface area contributed by atoms with Gasteiger partial charge < -0.3 is 9.69 Å². The van der Waals surface area contributed by atoms with Gasteiger partial charge in [0.2, 0.25) is 0 Å². The van der Waals surface area contributed by atoms with Gasteiger partial charge in [-0.05, 0) is 57.0 Å². The van der Waals surface area contributed by atoms with Crippen LogP contribution in [0.15, 0.2) is 30.6 Å². The lowest BCUT2D eigenvalue weighted by Crippen LogP contribution is -2.47. The number of anilines is 2. The van der Waals surface area contributed by atoms with Crippen molar-refractivity contribution < 1.29 is 22.8 Å². The highest BCUT2D eigenvalue weighted by molar-refractivity contribution is 7.16. The summed E-state index contributed by atoms with van der Waals surface area (Å²) in [6, 6.07) is 4.30. The molecular formula is C30H36F3N7O2S. The Hall–Kier alpha value is -3.42. The number of nitrogens with one attached hydrogen (secondary N) is 1. The van der Waals surface area contributed by atoms with Crippen LogP contribution in [0.2, 0.25) is 0 Å². The molecule has 1 atom stereocenters. The van der Waals surface area contributed by atoms with E-state index in [1.54, 1.807) is 19.2 Å². The fourth-order valence-electron chi connectivity index (χ4n) is 5.60. The van der Waals surface area contributed by atoms with E-state index >= 15 is 0 Å². The van der Waals surface area contributed by atoms with Crippen molar-refractivity contribution in [2.45, 2.75) is 58.3 Å². The number of hydrogen-bond acceptors (Lipinski definition) is 9. The Morgan fingerprint density at radius 2 is 1.88 bits per heavy atom. The highest BCUT2D eigenvalue weighted by Gasteiger charge is 2.32. The summed E-state index contributed by atoms with van der Waals surface area (Å²) in [6.45, 7) is 9.09. The third-order valence-corrected chi connectivity index (χ3v) is 8.97. The number of thiazole rings is 1. The van der Waals surface area contributed by atoms with Crippen LogP contribution in [0.5, 0.6) is 0 Å². The van der Waals surface area contributed by atoms with Crippen LogP contribution in [-0.4, -0.2) is 82.3 Å². The van der Waals surface area contributed by atoms with Crippen molar-refractivity contribution in [3.8, 4) is 11.3 Å². The van der Waals surface area contributed by atoms with Gasteiger partial charge in [-0.1, -0.05) is 17.8 Å². The Balaban J connectivity index is 1.34. The molecule has 0 spiro atoms. The number of rotatable bonds is 9. The lowest BCUT2D eigenvalue weighted by molar-refractivity contribution is -0.137. The Morgan fingerprint density at radius 1 is 1.09 bits per heavy atom. The number of piperazine rings is 1. The molecule has 1 aromatic carbocycles. The van der Waals surface area contributed by atoms with E-state index in [0.717, 1.165) is 81.8 Å². The molecule has 4 heterocycles. The highest BCUT2D eigenvalue weighted by atomic mass is 32.1. The van der Waals surface area contributed by atoms with Crippen molar-refractivity contribution in [3.05, 3.63) is 52.3 Å². The second kappa shape index (κ2) is 13.5. The number of carbonyl (C=O) groups excluding carboxylic acids is 2. The number of piperidine rings is 1. The molecule has 9 nitrogen and oxygen atoms in total. The fourth-order valence-corrected chi connectivity index (χ4v) is 6.60. The lowest BCUT2D eigenvalue weighted by atomic mass is 10.0. The molecule has 1 amide bonds. The van der Waals surface area contributed by atoms with E-state index in [1.807, 2.05) is 0 Å². The normalized spacial score (nSPS) is 18.5. The SMILES string of the molecule is Cc1cc(-c2nc(NC(=O)c3cnc(N4CCN(CCC=O)CC4)cn3)sc2CN2CCCCC2C)cc(C(F)(F)F)c1. The van der Waals surface area contributed by atoms with Gasteiger partial charge in [-0.2, -0.15) is 13.2 Å². The molecule has 1 N–H and O–H groups in total. The van der Waals surface area contributed by atoms with Gasteiger partial charge in [0.1, 0.15) is 17.8 Å². The number of aldehydes is 1. The summed E-state index contributed by atoms with van der Waals surface area (Å²) in [5.41, 5.74) is 0.695. The number of aryl methyl sites for hydroxylation is 1. The zero-order valence-corrected chi connectivity index (χ0v) is 25.2. The third-order valence-electron chi connectivity index (χ3n) is 8.01. The van der Waals surface area contributed by atoms with Crippen molar-refractivity contribution in [1.29, 1.82) is 0 Å². The van der Waals surface area contributed by atoms with Crippen molar-refractivity contribution in [2.24, 2.45) is 0 Å². The van der Waals surface area contributed by atoms with Crippen molar-refractivity contribution >= 4 is 34.5 Å². The van der Waals surface area contributed by atoms with Crippen LogP contribution in [0.1, 0.15) is 59.1 Å². The smallest absolute Gasteiger partial charge is 0.353 e. The largest absolute Gasteiger partial charge is 0.416 e. The van der Waals surface area contributed by atoms with Gasteiger partial charge in [0.15, 0.2) is 5.13 Å². The molecule has 0 aliphatic carbocycles. The lowest BCUT2D eigenvalue weighted by Gasteiger charge is -2.34. The number of benzene rings is 1. The highest BCUT2D eigenvalue weighted by Crippen LogP contribution is 2.38. The monoisotopic (exact) mass is 615 g/mol. The number of aromatic nitrogens is 3. The van der Waals surface area contributed by atoms with Crippen LogP contribution in [-0.2, 0) is 17.5 Å². The number of nitrogens with zero attached hydrogens (tertiary/aromatic N) is 6. The Bertz CT molecular complexity index is 1420. The molecule has 3 aromatic rings. The number of hydrogen-bond donors (Lipinski definition) is 1. The summed E-state index contributed by atoms with van der Waals surface area (Å²) < 4.78 is 40.9. The van der Waals surface area contributed by atoms with Crippen LogP contribution < -0.4 is 10.2 Å². The minimum atomic E-state index is -4.48. The predicted octanol–water partition coefficient (Wildman–Crippen LogP) is 5.27. The molecule has 0 radical (unpaired) electrons. The quantitative estimate of drug-likeness (QED) is 0.326. The molecule has 1 unspecified atom stereocenters. The van der Waals surface area contributed by atoms with E-state index in [4.69, 9.17) is 0 Å². The standard InChI is InChI=1S/C30H36F3N7O2S/c1-20-14-22(16-23(15-20)30(31,32)33)27-25(19-40-8-4-3-6-21(40)2)43-29(36-27)37-28(42)24-17-35-26(18-34-24)39-11-9-38(10-12-39)7-5-13-41/h13-18,21H,3-12,19H2,1-2H3,(H,36,37,42). The van der Waals surface area contributed by atoms with Crippen LogP contribution in [0.25, 0.3) is 11.3 Å². The summed E-state index contributed by atoms with van der Waals surface area (Å²) in [5, 5.41) is 3.10. The zero-order valence-electron chi connectivity index (χ0n) is 24.4. The number of halogens is 3. The topological polar surface area (TPSA) is 94.6 Å². The molecule has 2 saturated heterocycles. The summed E-state index contributed by atoms with van der Waals surface area (Å²) in [7, 11) is 0. The van der Waals surface area contributed by atoms with Gasteiger partial charge >= 0.3 is 6.18 Å². The van der Waals surface area contributed by atoms with Gasteiger partial charge in [-0.25, -0.2) is 15.0 Å². The number of carbonyl (C=O) groups is 2. The first-order valence-electron chi connectivity index (χ1n) is 14.6. The van der Waals surface area contributed by atoms with Crippen LogP contribution in [0, 0.1) is 6.92 Å².